The van der Waals surface area contributed by atoms with Crippen LogP contribution in [-0.2, 0) is 4.74 Å². The molecule has 0 aliphatic rings. The molecule has 0 spiro atoms. The van der Waals surface area contributed by atoms with Crippen LogP contribution >= 0.6 is 11.6 Å². The minimum atomic E-state index is -1.22. The molecule has 1 aromatic rings. The Kier molecular flexibility index (Phi) is 3.28. The second-order valence-electron chi connectivity index (χ2n) is 2.00. The largest absolute Gasteiger partial charge is 0.522 e. The molecule has 5 heteroatoms. The maximum absolute atomic E-state index is 10.7. The van der Waals surface area contributed by atoms with Crippen molar-refractivity contribution in [2.45, 2.75) is 0 Å². The smallest absolute Gasteiger partial charge is 0.395 e. The molecule has 1 rings (SSSR count). The van der Waals surface area contributed by atoms with E-state index in [1.807, 2.05) is 0 Å². The topological polar surface area (TPSA) is 52.6 Å². The van der Waals surface area contributed by atoms with E-state index in [2.05, 4.69) is 9.47 Å². The van der Waals surface area contributed by atoms with Crippen molar-refractivity contribution >= 4 is 23.2 Å². The first kappa shape index (κ1) is 9.54. The first-order chi connectivity index (χ1) is 6.18. The van der Waals surface area contributed by atoms with E-state index in [4.69, 9.17) is 11.6 Å². The number of rotatable bonds is 1. The van der Waals surface area contributed by atoms with Crippen LogP contribution in [0.2, 0.25) is 0 Å². The molecule has 4 nitrogen and oxygen atoms in total. The second kappa shape index (κ2) is 4.47. The van der Waals surface area contributed by atoms with Crippen molar-refractivity contribution in [3.8, 4) is 5.75 Å². The zero-order valence-electron chi connectivity index (χ0n) is 6.40. The van der Waals surface area contributed by atoms with Crippen molar-refractivity contribution in [1.29, 1.82) is 0 Å². The molecule has 0 bridgehead atoms. The van der Waals surface area contributed by atoms with Gasteiger partial charge in [-0.15, -0.1) is 0 Å². The molecule has 0 N–H and O–H groups in total. The van der Waals surface area contributed by atoms with Crippen LogP contribution in [0.25, 0.3) is 0 Å². The summed E-state index contributed by atoms with van der Waals surface area (Å²) >= 11 is 4.78. The molecule has 0 aromatic heterocycles. The maximum atomic E-state index is 10.7. The van der Waals surface area contributed by atoms with Crippen molar-refractivity contribution < 1.29 is 19.1 Å². The molecule has 0 unspecified atom stereocenters. The zero-order chi connectivity index (χ0) is 9.68. The fourth-order valence-electron chi connectivity index (χ4n) is 0.671. The highest BCUT2D eigenvalue weighted by Crippen LogP contribution is 2.09. The van der Waals surface area contributed by atoms with E-state index in [9.17, 15) is 9.59 Å². The maximum Gasteiger partial charge on any atom is 0.522 e. The number of hydrogen-bond acceptors (Lipinski definition) is 4. The highest BCUT2D eigenvalue weighted by molar-refractivity contribution is 6.61. The predicted octanol–water partition coefficient (Wildman–Crippen LogP) is 2.56. The average molecular weight is 201 g/mol. The van der Waals surface area contributed by atoms with Crippen LogP contribution in [0.3, 0.4) is 0 Å². The van der Waals surface area contributed by atoms with Gasteiger partial charge in [-0.25, -0.2) is 9.59 Å². The third kappa shape index (κ3) is 3.57. The van der Waals surface area contributed by atoms with Crippen LogP contribution < -0.4 is 4.74 Å². The third-order valence-corrected chi connectivity index (χ3v) is 1.19. The molecule has 0 radical (unpaired) electrons. The third-order valence-electron chi connectivity index (χ3n) is 1.11. The minimum Gasteiger partial charge on any atom is -0.395 e. The highest BCUT2D eigenvalue weighted by atomic mass is 35.5. The summed E-state index contributed by atoms with van der Waals surface area (Å²) in [6, 6.07) is 8.18. The summed E-state index contributed by atoms with van der Waals surface area (Å²) in [5, 5.41) is 0. The Labute approximate surface area is 79.0 Å². The Morgan fingerprint density at radius 2 is 1.77 bits per heavy atom. The first-order valence-electron chi connectivity index (χ1n) is 3.32. The Hall–Kier alpha value is -1.55. The summed E-state index contributed by atoms with van der Waals surface area (Å²) in [4.78, 5) is 20.8. The fourth-order valence-corrected chi connectivity index (χ4v) is 0.734. The van der Waals surface area contributed by atoms with E-state index in [1.54, 1.807) is 30.3 Å². The van der Waals surface area contributed by atoms with Gasteiger partial charge < -0.3 is 9.47 Å². The molecule has 0 amide bonds. The number of hydrogen-bond donors (Lipinski definition) is 0. The molecule has 0 aliphatic heterocycles. The van der Waals surface area contributed by atoms with Gasteiger partial charge in [-0.1, -0.05) is 18.2 Å². The summed E-state index contributed by atoms with van der Waals surface area (Å²) < 4.78 is 8.48. The van der Waals surface area contributed by atoms with Gasteiger partial charge in [0.2, 0.25) is 0 Å². The molecular weight excluding hydrogens is 196 g/mol. The van der Waals surface area contributed by atoms with Gasteiger partial charge in [-0.05, 0) is 12.1 Å². The lowest BCUT2D eigenvalue weighted by Crippen LogP contribution is -2.11. The Balaban J connectivity index is 2.50. The number of halogens is 1. The van der Waals surface area contributed by atoms with E-state index in [1.165, 1.54) is 0 Å². The first-order valence-corrected chi connectivity index (χ1v) is 3.70. The molecule has 0 heterocycles. The molecule has 0 aliphatic carbocycles. The number of para-hydroxylation sites is 1. The summed E-state index contributed by atoms with van der Waals surface area (Å²) in [5.41, 5.74) is -1.22. The standard InChI is InChI=1S/C8H5ClO4/c9-7(10)13-8(11)12-6-4-2-1-3-5-6/h1-5H. The van der Waals surface area contributed by atoms with Crippen LogP contribution in [0.5, 0.6) is 5.75 Å². The van der Waals surface area contributed by atoms with Crippen LogP contribution in [0.4, 0.5) is 9.59 Å². The van der Waals surface area contributed by atoms with Crippen LogP contribution in [0, 0.1) is 0 Å². The van der Waals surface area contributed by atoms with Gasteiger partial charge in [-0.2, -0.15) is 0 Å². The van der Waals surface area contributed by atoms with Crippen molar-refractivity contribution in [3.63, 3.8) is 0 Å². The molecular formula is C8H5ClO4. The molecule has 0 atom stereocenters. The summed E-state index contributed by atoms with van der Waals surface area (Å²) in [5.74, 6) is 0.283. The van der Waals surface area contributed by atoms with Gasteiger partial charge in [-0.3, -0.25) is 0 Å². The number of carbonyl (C=O) groups is 2. The highest BCUT2D eigenvalue weighted by Gasteiger charge is 2.09. The van der Waals surface area contributed by atoms with Crippen LogP contribution in [0.1, 0.15) is 0 Å². The quantitative estimate of drug-likeness (QED) is 0.303. The number of carbonyl (C=O) groups excluding carboxylic acids is 2. The van der Waals surface area contributed by atoms with E-state index < -0.39 is 11.6 Å². The van der Waals surface area contributed by atoms with Crippen LogP contribution in [-0.4, -0.2) is 11.6 Å². The van der Waals surface area contributed by atoms with Crippen molar-refractivity contribution in [2.75, 3.05) is 0 Å². The van der Waals surface area contributed by atoms with Gasteiger partial charge >= 0.3 is 11.6 Å². The molecule has 13 heavy (non-hydrogen) atoms. The summed E-state index contributed by atoms with van der Waals surface area (Å²) in [7, 11) is 0. The van der Waals surface area contributed by atoms with Gasteiger partial charge in [0, 0.05) is 11.6 Å². The SMILES string of the molecule is O=C(Cl)OC(=O)Oc1ccccc1. The van der Waals surface area contributed by atoms with Crippen molar-refractivity contribution in [1.82, 2.24) is 0 Å². The van der Waals surface area contributed by atoms with E-state index in [0.717, 1.165) is 0 Å². The monoisotopic (exact) mass is 200 g/mol. The molecule has 68 valence electrons. The average Bonchev–Trinajstić information content (AvgIpc) is 2.04. The number of ether oxygens (including phenoxy) is 2. The lowest BCUT2D eigenvalue weighted by Gasteiger charge is -2.00. The fraction of sp³-hybridized carbons (Fsp3) is 0. The lowest BCUT2D eigenvalue weighted by atomic mass is 10.3. The minimum absolute atomic E-state index is 0.283. The van der Waals surface area contributed by atoms with Crippen LogP contribution in [0.15, 0.2) is 30.3 Å². The van der Waals surface area contributed by atoms with Gasteiger partial charge in [0.1, 0.15) is 5.75 Å². The normalized spacial score (nSPS) is 9.00. The van der Waals surface area contributed by atoms with Gasteiger partial charge in [0.15, 0.2) is 0 Å². The molecule has 0 saturated carbocycles. The molecule has 0 fully saturated rings. The zero-order valence-corrected chi connectivity index (χ0v) is 7.15. The lowest BCUT2D eigenvalue weighted by molar-refractivity contribution is 0.127. The predicted molar refractivity (Wildman–Crippen MR) is 44.8 cm³/mol. The Morgan fingerprint density at radius 3 is 2.31 bits per heavy atom. The van der Waals surface area contributed by atoms with E-state index in [-0.39, 0.29) is 5.75 Å². The van der Waals surface area contributed by atoms with E-state index >= 15 is 0 Å². The molecule has 0 saturated heterocycles. The van der Waals surface area contributed by atoms with Gasteiger partial charge in [0.25, 0.3) is 0 Å². The van der Waals surface area contributed by atoms with Gasteiger partial charge in [0.05, 0.1) is 0 Å². The van der Waals surface area contributed by atoms with E-state index in [0.29, 0.717) is 0 Å². The summed E-state index contributed by atoms with van der Waals surface area (Å²) in [6.45, 7) is 0. The van der Waals surface area contributed by atoms with Crippen molar-refractivity contribution in [3.05, 3.63) is 30.3 Å². The Morgan fingerprint density at radius 1 is 1.15 bits per heavy atom. The summed E-state index contributed by atoms with van der Waals surface area (Å²) in [6.07, 6.45) is -1.15. The molecule has 1 aromatic carbocycles. The number of benzene rings is 1. The van der Waals surface area contributed by atoms with Crippen molar-refractivity contribution in [2.24, 2.45) is 0 Å². The Bertz CT molecular complexity index is 309. The second-order valence-corrected chi connectivity index (χ2v) is 2.31.